The SMILES string of the molecule is OC[C@@H](O)c1c(C2CNC2)cc(-c2ccc(OC(F)(F)F)cc2)c2nccnc12. The molecule has 2 aromatic carbocycles. The Morgan fingerprint density at radius 2 is 1.76 bits per heavy atom. The summed E-state index contributed by atoms with van der Waals surface area (Å²) in [7, 11) is 0. The molecule has 152 valence electrons. The van der Waals surface area contributed by atoms with Gasteiger partial charge in [-0.05, 0) is 29.3 Å². The van der Waals surface area contributed by atoms with Crippen LogP contribution < -0.4 is 10.1 Å². The van der Waals surface area contributed by atoms with Crippen LogP contribution in [0.3, 0.4) is 0 Å². The van der Waals surface area contributed by atoms with E-state index in [0.29, 0.717) is 40.8 Å². The third-order valence-electron chi connectivity index (χ3n) is 4.95. The largest absolute Gasteiger partial charge is 0.573 e. The van der Waals surface area contributed by atoms with Gasteiger partial charge in [0.25, 0.3) is 0 Å². The smallest absolute Gasteiger partial charge is 0.406 e. The lowest BCUT2D eigenvalue weighted by atomic mass is 9.84. The Morgan fingerprint density at radius 1 is 1.10 bits per heavy atom. The van der Waals surface area contributed by atoms with Crippen LogP contribution in [0.4, 0.5) is 13.2 Å². The van der Waals surface area contributed by atoms with Crippen molar-refractivity contribution < 1.29 is 28.1 Å². The molecular formula is C20H18F3N3O3. The molecule has 6 nitrogen and oxygen atoms in total. The number of fused-ring (bicyclic) bond motifs is 1. The molecule has 1 aromatic heterocycles. The van der Waals surface area contributed by atoms with Crippen LogP contribution in [0.25, 0.3) is 22.2 Å². The Balaban J connectivity index is 1.86. The van der Waals surface area contributed by atoms with E-state index in [4.69, 9.17) is 0 Å². The maximum absolute atomic E-state index is 12.4. The molecule has 4 rings (SSSR count). The van der Waals surface area contributed by atoms with E-state index >= 15 is 0 Å². The average Bonchev–Trinajstić information content (AvgIpc) is 2.65. The van der Waals surface area contributed by atoms with Crippen molar-refractivity contribution in [2.45, 2.75) is 18.4 Å². The first kappa shape index (κ1) is 19.6. The second-order valence-corrected chi connectivity index (χ2v) is 6.81. The van der Waals surface area contributed by atoms with Crippen LogP contribution in [0.5, 0.6) is 5.75 Å². The number of alkyl halides is 3. The zero-order chi connectivity index (χ0) is 20.6. The van der Waals surface area contributed by atoms with Crippen molar-refractivity contribution in [3.8, 4) is 16.9 Å². The fraction of sp³-hybridized carbons (Fsp3) is 0.300. The van der Waals surface area contributed by atoms with Gasteiger partial charge in [0.1, 0.15) is 11.9 Å². The molecule has 1 fully saturated rings. The first-order valence-electron chi connectivity index (χ1n) is 9.00. The highest BCUT2D eigenvalue weighted by molar-refractivity contribution is 5.94. The van der Waals surface area contributed by atoms with E-state index in [-0.39, 0.29) is 11.7 Å². The second kappa shape index (κ2) is 7.58. The highest BCUT2D eigenvalue weighted by Crippen LogP contribution is 2.38. The molecule has 0 aliphatic carbocycles. The predicted octanol–water partition coefficient (Wildman–Crippen LogP) is 2.91. The summed E-state index contributed by atoms with van der Waals surface area (Å²) in [5.74, 6) is -0.184. The first-order valence-corrected chi connectivity index (χ1v) is 9.00. The summed E-state index contributed by atoms with van der Waals surface area (Å²) in [6, 6.07) is 7.40. The quantitative estimate of drug-likeness (QED) is 0.605. The van der Waals surface area contributed by atoms with Gasteiger partial charge in [0.2, 0.25) is 0 Å². The molecule has 29 heavy (non-hydrogen) atoms. The summed E-state index contributed by atoms with van der Waals surface area (Å²) in [6.45, 7) is 0.977. The van der Waals surface area contributed by atoms with Crippen molar-refractivity contribution in [3.63, 3.8) is 0 Å². The molecule has 0 radical (unpaired) electrons. The Bertz CT molecular complexity index is 1020. The molecule has 0 amide bonds. The number of halogens is 3. The predicted molar refractivity (Wildman–Crippen MR) is 99.3 cm³/mol. The number of nitrogens with zero attached hydrogens (tertiary/aromatic N) is 2. The van der Waals surface area contributed by atoms with Crippen LogP contribution in [0.1, 0.15) is 23.1 Å². The van der Waals surface area contributed by atoms with Gasteiger partial charge in [0, 0.05) is 42.5 Å². The summed E-state index contributed by atoms with van der Waals surface area (Å²) >= 11 is 0. The molecule has 1 aliphatic rings. The number of nitrogens with one attached hydrogen (secondary N) is 1. The van der Waals surface area contributed by atoms with Crippen molar-refractivity contribution in [1.82, 2.24) is 15.3 Å². The van der Waals surface area contributed by atoms with Crippen molar-refractivity contribution in [3.05, 3.63) is 53.9 Å². The summed E-state index contributed by atoms with van der Waals surface area (Å²) < 4.78 is 41.2. The van der Waals surface area contributed by atoms with Gasteiger partial charge < -0.3 is 20.3 Å². The lowest BCUT2D eigenvalue weighted by molar-refractivity contribution is -0.274. The van der Waals surface area contributed by atoms with Crippen LogP contribution in [0.15, 0.2) is 42.7 Å². The Hall–Kier alpha value is -2.75. The molecular weight excluding hydrogens is 387 g/mol. The Kier molecular flexibility index (Phi) is 5.12. The minimum atomic E-state index is -4.76. The molecule has 9 heteroatoms. The molecule has 1 atom stereocenters. The first-order chi connectivity index (χ1) is 13.9. The topological polar surface area (TPSA) is 87.5 Å². The van der Waals surface area contributed by atoms with E-state index in [1.165, 1.54) is 36.7 Å². The highest BCUT2D eigenvalue weighted by atomic mass is 19.4. The molecule has 1 saturated heterocycles. The maximum atomic E-state index is 12.4. The molecule has 0 spiro atoms. The van der Waals surface area contributed by atoms with Crippen LogP contribution in [-0.2, 0) is 0 Å². The minimum Gasteiger partial charge on any atom is -0.406 e. The van der Waals surface area contributed by atoms with E-state index in [1.54, 1.807) is 0 Å². The third-order valence-corrected chi connectivity index (χ3v) is 4.95. The second-order valence-electron chi connectivity index (χ2n) is 6.81. The lowest BCUT2D eigenvalue weighted by Crippen LogP contribution is -2.40. The minimum absolute atomic E-state index is 0.129. The van der Waals surface area contributed by atoms with Crippen molar-refractivity contribution in [2.24, 2.45) is 0 Å². The van der Waals surface area contributed by atoms with Crippen molar-refractivity contribution in [2.75, 3.05) is 19.7 Å². The molecule has 2 heterocycles. The number of ether oxygens (including phenoxy) is 1. The average molecular weight is 405 g/mol. The molecule has 3 N–H and O–H groups in total. The van der Waals surface area contributed by atoms with Gasteiger partial charge in [-0.3, -0.25) is 9.97 Å². The highest BCUT2D eigenvalue weighted by Gasteiger charge is 2.31. The van der Waals surface area contributed by atoms with Gasteiger partial charge >= 0.3 is 6.36 Å². The van der Waals surface area contributed by atoms with Crippen LogP contribution >= 0.6 is 0 Å². The lowest BCUT2D eigenvalue weighted by Gasteiger charge is -2.31. The van der Waals surface area contributed by atoms with Gasteiger partial charge in [-0.1, -0.05) is 12.1 Å². The summed E-state index contributed by atoms with van der Waals surface area (Å²) in [5.41, 5.74) is 3.65. The van der Waals surface area contributed by atoms with E-state index in [2.05, 4.69) is 20.0 Å². The van der Waals surface area contributed by atoms with Gasteiger partial charge in [-0.15, -0.1) is 13.2 Å². The van der Waals surface area contributed by atoms with E-state index in [9.17, 15) is 23.4 Å². The van der Waals surface area contributed by atoms with E-state index < -0.39 is 19.1 Å². The maximum Gasteiger partial charge on any atom is 0.573 e. The number of hydrogen-bond donors (Lipinski definition) is 3. The molecule has 3 aromatic rings. The molecule has 0 saturated carbocycles. The zero-order valence-corrected chi connectivity index (χ0v) is 15.1. The number of aliphatic hydroxyl groups is 2. The van der Waals surface area contributed by atoms with Gasteiger partial charge in [0.15, 0.2) is 0 Å². The Labute approximate surface area is 164 Å². The fourth-order valence-electron chi connectivity index (χ4n) is 3.51. The van der Waals surface area contributed by atoms with Crippen LogP contribution in [0.2, 0.25) is 0 Å². The summed E-state index contributed by atoms with van der Waals surface area (Å²) in [6.07, 6.45) is -2.86. The zero-order valence-electron chi connectivity index (χ0n) is 15.1. The van der Waals surface area contributed by atoms with Gasteiger partial charge in [-0.2, -0.15) is 0 Å². The fourth-order valence-corrected chi connectivity index (χ4v) is 3.51. The van der Waals surface area contributed by atoms with Gasteiger partial charge in [0.05, 0.1) is 17.6 Å². The number of aliphatic hydroxyl groups excluding tert-OH is 2. The third kappa shape index (κ3) is 3.89. The monoisotopic (exact) mass is 405 g/mol. The number of hydrogen-bond acceptors (Lipinski definition) is 6. The molecule has 0 unspecified atom stereocenters. The number of rotatable bonds is 5. The molecule has 1 aliphatic heterocycles. The normalized spacial score (nSPS) is 15.9. The Morgan fingerprint density at radius 3 is 2.31 bits per heavy atom. The van der Waals surface area contributed by atoms with E-state index in [1.807, 2.05) is 6.07 Å². The summed E-state index contributed by atoms with van der Waals surface area (Å²) in [4.78, 5) is 8.76. The number of aromatic nitrogens is 2. The standard InChI is InChI=1S/C20H18F3N3O3/c21-20(22,23)29-13-3-1-11(2-4-13)15-7-14(12-8-24-9-12)17(16(28)10-27)19-18(15)25-5-6-26-19/h1-7,12,16,24,27-28H,8-10H2/t16-/m1/s1. The van der Waals surface area contributed by atoms with Crippen LogP contribution in [0, 0.1) is 0 Å². The molecule has 0 bridgehead atoms. The van der Waals surface area contributed by atoms with Crippen LogP contribution in [-0.4, -0.2) is 46.2 Å². The van der Waals surface area contributed by atoms with Gasteiger partial charge in [-0.25, -0.2) is 0 Å². The van der Waals surface area contributed by atoms with Crippen molar-refractivity contribution >= 4 is 11.0 Å². The van der Waals surface area contributed by atoms with E-state index in [0.717, 1.165) is 5.56 Å². The number of benzene rings is 2. The summed E-state index contributed by atoms with van der Waals surface area (Å²) in [5, 5.41) is 23.1. The van der Waals surface area contributed by atoms with Crippen molar-refractivity contribution in [1.29, 1.82) is 0 Å².